The Morgan fingerprint density at radius 3 is 2.29 bits per heavy atom. The van der Waals surface area contributed by atoms with Gasteiger partial charge in [0.05, 0.1) is 18.8 Å². The Morgan fingerprint density at radius 1 is 1.18 bits per heavy atom. The smallest absolute Gasteiger partial charge is 0.0900 e. The molecule has 0 radical (unpaired) electrons. The SMILES string of the molecule is CCCCN(C[C@@H](O)COC(C)C)[C@H](C)CC. The lowest BCUT2D eigenvalue weighted by Crippen LogP contribution is -2.41. The highest BCUT2D eigenvalue weighted by atomic mass is 16.5. The third-order valence-electron chi connectivity index (χ3n) is 3.08. The average Bonchev–Trinajstić information content (AvgIpc) is 2.30. The molecule has 0 amide bonds. The van der Waals surface area contributed by atoms with Gasteiger partial charge in [-0.2, -0.15) is 0 Å². The molecule has 0 spiro atoms. The van der Waals surface area contributed by atoms with E-state index in [1.807, 2.05) is 13.8 Å². The number of unbranched alkanes of at least 4 members (excludes halogenated alkanes) is 1. The number of nitrogens with zero attached hydrogens (tertiary/aromatic N) is 1. The third kappa shape index (κ3) is 8.58. The molecule has 0 aromatic carbocycles. The fourth-order valence-electron chi connectivity index (χ4n) is 1.74. The van der Waals surface area contributed by atoms with E-state index >= 15 is 0 Å². The molecule has 104 valence electrons. The first kappa shape index (κ1) is 16.9. The van der Waals surface area contributed by atoms with Gasteiger partial charge in [-0.15, -0.1) is 0 Å². The van der Waals surface area contributed by atoms with E-state index in [9.17, 15) is 5.11 Å². The first-order valence-electron chi connectivity index (χ1n) is 7.04. The van der Waals surface area contributed by atoms with Gasteiger partial charge in [-0.25, -0.2) is 0 Å². The summed E-state index contributed by atoms with van der Waals surface area (Å²) in [6, 6.07) is 0.537. The number of aliphatic hydroxyl groups is 1. The lowest BCUT2D eigenvalue weighted by molar-refractivity contribution is -0.0136. The van der Waals surface area contributed by atoms with Crippen LogP contribution in [0, 0.1) is 0 Å². The van der Waals surface area contributed by atoms with Crippen LogP contribution >= 0.6 is 0 Å². The molecular formula is C14H31NO2. The monoisotopic (exact) mass is 245 g/mol. The summed E-state index contributed by atoms with van der Waals surface area (Å²) in [5.41, 5.74) is 0. The van der Waals surface area contributed by atoms with Crippen LogP contribution in [0.5, 0.6) is 0 Å². The second-order valence-electron chi connectivity index (χ2n) is 5.14. The maximum atomic E-state index is 9.95. The second-order valence-corrected chi connectivity index (χ2v) is 5.14. The maximum Gasteiger partial charge on any atom is 0.0900 e. The molecule has 17 heavy (non-hydrogen) atoms. The van der Waals surface area contributed by atoms with Crippen molar-refractivity contribution in [1.29, 1.82) is 0 Å². The van der Waals surface area contributed by atoms with Gasteiger partial charge in [-0.05, 0) is 40.2 Å². The normalized spacial score (nSPS) is 15.5. The molecule has 3 heteroatoms. The largest absolute Gasteiger partial charge is 0.389 e. The maximum absolute atomic E-state index is 9.95. The Kier molecular flexibility index (Phi) is 9.79. The van der Waals surface area contributed by atoms with E-state index in [1.165, 1.54) is 12.8 Å². The van der Waals surface area contributed by atoms with Crippen LogP contribution in [-0.4, -0.2) is 48.0 Å². The van der Waals surface area contributed by atoms with E-state index in [-0.39, 0.29) is 12.2 Å². The summed E-state index contributed by atoms with van der Waals surface area (Å²) >= 11 is 0. The molecule has 0 fully saturated rings. The van der Waals surface area contributed by atoms with Gasteiger partial charge in [0.15, 0.2) is 0 Å². The minimum absolute atomic E-state index is 0.192. The highest BCUT2D eigenvalue weighted by Crippen LogP contribution is 2.07. The highest BCUT2D eigenvalue weighted by molar-refractivity contribution is 4.70. The Morgan fingerprint density at radius 2 is 1.82 bits per heavy atom. The number of aliphatic hydroxyl groups excluding tert-OH is 1. The number of rotatable bonds is 10. The molecule has 0 bridgehead atoms. The number of hydrogen-bond donors (Lipinski definition) is 1. The minimum Gasteiger partial charge on any atom is -0.389 e. The number of ether oxygens (including phenoxy) is 1. The predicted octanol–water partition coefficient (Wildman–Crippen LogP) is 2.67. The van der Waals surface area contributed by atoms with E-state index in [1.54, 1.807) is 0 Å². The standard InChI is InChI=1S/C14H31NO2/c1-6-8-9-15(13(5)7-2)10-14(16)11-17-12(3)4/h12-14,16H,6-11H2,1-5H3/t13-,14-/m1/s1. The van der Waals surface area contributed by atoms with E-state index in [4.69, 9.17) is 4.74 Å². The zero-order valence-corrected chi connectivity index (χ0v) is 12.3. The lowest BCUT2D eigenvalue weighted by Gasteiger charge is -2.30. The molecule has 0 aliphatic heterocycles. The summed E-state index contributed by atoms with van der Waals surface area (Å²) in [6.45, 7) is 12.9. The first-order chi connectivity index (χ1) is 8.01. The topological polar surface area (TPSA) is 32.7 Å². The molecule has 0 aliphatic carbocycles. The van der Waals surface area contributed by atoms with Crippen molar-refractivity contribution in [3.63, 3.8) is 0 Å². The highest BCUT2D eigenvalue weighted by Gasteiger charge is 2.16. The third-order valence-corrected chi connectivity index (χ3v) is 3.08. The Hall–Kier alpha value is -0.120. The lowest BCUT2D eigenvalue weighted by atomic mass is 10.1. The Bertz CT molecular complexity index is 174. The Labute approximate surface area is 107 Å². The van der Waals surface area contributed by atoms with Crippen LogP contribution in [-0.2, 0) is 4.74 Å². The molecule has 2 atom stereocenters. The van der Waals surface area contributed by atoms with Crippen LogP contribution in [0.4, 0.5) is 0 Å². The molecular weight excluding hydrogens is 214 g/mol. The van der Waals surface area contributed by atoms with Crippen molar-refractivity contribution >= 4 is 0 Å². The van der Waals surface area contributed by atoms with Gasteiger partial charge in [0, 0.05) is 12.6 Å². The van der Waals surface area contributed by atoms with Crippen molar-refractivity contribution in [2.45, 2.75) is 72.1 Å². The van der Waals surface area contributed by atoms with Gasteiger partial charge >= 0.3 is 0 Å². The predicted molar refractivity (Wildman–Crippen MR) is 73.3 cm³/mol. The second kappa shape index (κ2) is 9.86. The molecule has 0 unspecified atom stereocenters. The van der Waals surface area contributed by atoms with E-state index in [0.717, 1.165) is 19.5 Å². The van der Waals surface area contributed by atoms with Crippen LogP contribution in [0.1, 0.15) is 53.9 Å². The molecule has 0 heterocycles. The van der Waals surface area contributed by atoms with Crippen LogP contribution in [0.25, 0.3) is 0 Å². The van der Waals surface area contributed by atoms with Crippen molar-refractivity contribution in [1.82, 2.24) is 4.90 Å². The summed E-state index contributed by atoms with van der Waals surface area (Å²) < 4.78 is 5.45. The molecule has 0 saturated carbocycles. The van der Waals surface area contributed by atoms with Crippen LogP contribution in [0.2, 0.25) is 0 Å². The molecule has 0 rings (SSSR count). The van der Waals surface area contributed by atoms with Crippen molar-refractivity contribution < 1.29 is 9.84 Å². The van der Waals surface area contributed by atoms with Crippen molar-refractivity contribution in [2.75, 3.05) is 19.7 Å². The van der Waals surface area contributed by atoms with Gasteiger partial charge in [0.1, 0.15) is 0 Å². The molecule has 0 aliphatic rings. The van der Waals surface area contributed by atoms with Crippen molar-refractivity contribution in [2.24, 2.45) is 0 Å². The summed E-state index contributed by atoms with van der Waals surface area (Å²) in [4.78, 5) is 2.37. The van der Waals surface area contributed by atoms with E-state index < -0.39 is 0 Å². The van der Waals surface area contributed by atoms with E-state index in [0.29, 0.717) is 12.6 Å². The van der Waals surface area contributed by atoms with Crippen LogP contribution in [0.3, 0.4) is 0 Å². The zero-order valence-electron chi connectivity index (χ0n) is 12.3. The summed E-state index contributed by atoms with van der Waals surface area (Å²) in [7, 11) is 0. The van der Waals surface area contributed by atoms with Gasteiger partial charge in [-0.3, -0.25) is 4.90 Å². The van der Waals surface area contributed by atoms with E-state index in [2.05, 4.69) is 25.7 Å². The van der Waals surface area contributed by atoms with Gasteiger partial charge in [0.2, 0.25) is 0 Å². The first-order valence-corrected chi connectivity index (χ1v) is 7.04. The zero-order chi connectivity index (χ0) is 13.3. The summed E-state index contributed by atoms with van der Waals surface area (Å²) in [5.74, 6) is 0. The summed E-state index contributed by atoms with van der Waals surface area (Å²) in [6.07, 6.45) is 3.34. The van der Waals surface area contributed by atoms with Crippen molar-refractivity contribution in [3.05, 3.63) is 0 Å². The van der Waals surface area contributed by atoms with Crippen LogP contribution < -0.4 is 0 Å². The molecule has 0 aromatic heterocycles. The van der Waals surface area contributed by atoms with Gasteiger partial charge in [0.25, 0.3) is 0 Å². The summed E-state index contributed by atoms with van der Waals surface area (Å²) in [5, 5.41) is 9.95. The van der Waals surface area contributed by atoms with Crippen LogP contribution in [0.15, 0.2) is 0 Å². The quantitative estimate of drug-likeness (QED) is 0.642. The number of hydrogen-bond acceptors (Lipinski definition) is 3. The van der Waals surface area contributed by atoms with Gasteiger partial charge in [-0.1, -0.05) is 20.3 Å². The molecule has 0 aromatic rings. The minimum atomic E-state index is -0.372. The van der Waals surface area contributed by atoms with Crippen molar-refractivity contribution in [3.8, 4) is 0 Å². The van der Waals surface area contributed by atoms with Gasteiger partial charge < -0.3 is 9.84 Å². The fraction of sp³-hybridized carbons (Fsp3) is 1.00. The Balaban J connectivity index is 4.03. The molecule has 3 nitrogen and oxygen atoms in total. The average molecular weight is 245 g/mol. The molecule has 1 N–H and O–H groups in total. The fourth-order valence-corrected chi connectivity index (χ4v) is 1.74. The molecule has 0 saturated heterocycles.